The maximum atomic E-state index is 13.1. The van der Waals surface area contributed by atoms with E-state index in [1.165, 1.54) is 0 Å². The van der Waals surface area contributed by atoms with Gasteiger partial charge in [0.25, 0.3) is 0 Å². The van der Waals surface area contributed by atoms with Crippen molar-refractivity contribution in [2.24, 2.45) is 5.92 Å². The van der Waals surface area contributed by atoms with Gasteiger partial charge < -0.3 is 14.9 Å². The molecule has 2 aliphatic carbocycles. The second-order valence-corrected chi connectivity index (χ2v) is 12.8. The summed E-state index contributed by atoms with van der Waals surface area (Å²) in [5, 5.41) is 18.6. The number of unbranched alkanes of at least 4 members (excludes halogenated alkanes) is 1. The minimum atomic E-state index is -4.10. The van der Waals surface area contributed by atoms with E-state index in [2.05, 4.69) is 9.88 Å². The Balaban J connectivity index is 1.22. The molecule has 7 nitrogen and oxygen atoms in total. The smallest absolute Gasteiger partial charge is 0.391 e. The average Bonchev–Trinajstić information content (AvgIpc) is 3.06. The Kier molecular flexibility index (Phi) is 11.6. The molecule has 0 amide bonds. The van der Waals surface area contributed by atoms with Crippen molar-refractivity contribution >= 4 is 11.9 Å². The molecule has 2 aromatic carbocycles. The number of aliphatic carboxylic acids is 1. The van der Waals surface area contributed by atoms with Crippen LogP contribution < -0.4 is 4.74 Å². The number of benzene rings is 2. The van der Waals surface area contributed by atoms with Crippen molar-refractivity contribution in [3.63, 3.8) is 0 Å². The first-order chi connectivity index (χ1) is 22.6. The lowest BCUT2D eigenvalue weighted by Gasteiger charge is -2.36. The van der Waals surface area contributed by atoms with Crippen LogP contribution in [0.1, 0.15) is 108 Å². The van der Waals surface area contributed by atoms with E-state index in [4.69, 9.17) is 9.84 Å². The fourth-order valence-corrected chi connectivity index (χ4v) is 7.06. The van der Waals surface area contributed by atoms with Crippen LogP contribution >= 0.6 is 0 Å². The zero-order chi connectivity index (χ0) is 33.4. The van der Waals surface area contributed by atoms with Crippen molar-refractivity contribution in [1.29, 1.82) is 0 Å². The van der Waals surface area contributed by atoms with Crippen molar-refractivity contribution in [2.75, 3.05) is 13.1 Å². The third-order valence-electron chi connectivity index (χ3n) is 9.68. The van der Waals surface area contributed by atoms with Gasteiger partial charge in [-0.05, 0) is 111 Å². The van der Waals surface area contributed by atoms with Gasteiger partial charge in [-0.1, -0.05) is 48.5 Å². The summed E-state index contributed by atoms with van der Waals surface area (Å²) in [4.78, 5) is 29.4. The van der Waals surface area contributed by atoms with E-state index in [0.717, 1.165) is 59.4 Å². The number of pyridine rings is 1. The number of halogens is 3. The number of para-hydroxylation sites is 1. The summed E-state index contributed by atoms with van der Waals surface area (Å²) in [6.07, 6.45) is 2.06. The molecular formula is C37H43F3N2O5. The Labute approximate surface area is 273 Å². The summed E-state index contributed by atoms with van der Waals surface area (Å²) in [6, 6.07) is 19.5. The maximum absolute atomic E-state index is 13.1. The summed E-state index contributed by atoms with van der Waals surface area (Å²) in [5.74, 6) is -2.09. The van der Waals surface area contributed by atoms with E-state index >= 15 is 0 Å². The highest BCUT2D eigenvalue weighted by atomic mass is 19.4. The van der Waals surface area contributed by atoms with Crippen molar-refractivity contribution in [3.05, 3.63) is 94.3 Å². The van der Waals surface area contributed by atoms with Crippen LogP contribution in [0.2, 0.25) is 0 Å². The van der Waals surface area contributed by atoms with Gasteiger partial charge in [0.15, 0.2) is 0 Å². The first-order valence-electron chi connectivity index (χ1n) is 16.6. The minimum Gasteiger partial charge on any atom is -0.489 e. The van der Waals surface area contributed by atoms with Crippen LogP contribution in [0.25, 0.3) is 0 Å². The van der Waals surface area contributed by atoms with Crippen molar-refractivity contribution in [2.45, 2.75) is 95.4 Å². The summed E-state index contributed by atoms with van der Waals surface area (Å²) in [7, 11) is 0. The number of aryl methyl sites for hydroxylation is 1. The number of rotatable bonds is 14. The third kappa shape index (κ3) is 9.34. The predicted octanol–water partition coefficient (Wildman–Crippen LogP) is 8.37. The molecule has 3 aromatic rings. The number of alkyl halides is 3. The van der Waals surface area contributed by atoms with E-state index in [0.29, 0.717) is 45.4 Å². The minimum absolute atomic E-state index is 0.0474. The molecule has 2 N–H and O–H groups in total. The standard InChI is InChI=1S/C37H43F3N2O5/c38-37(39,40)29-17-15-27(16-18-29)26-13-11-25(12-14-26)24-47-34-9-2-1-6-28(34)21-23-42(22-4-3-10-35(43)44)33-8-5-7-31-30(33)19-20-32(41-31)36(45)46/h1-2,6,9,11-14,19-20,27,29,33H,3-5,7-8,10,15-18,21-24H2,(H,43,44)(H,45,46). The van der Waals surface area contributed by atoms with E-state index in [1.807, 2.05) is 54.6 Å². The van der Waals surface area contributed by atoms with Crippen LogP contribution in [0.5, 0.6) is 5.75 Å². The Morgan fingerprint density at radius 3 is 2.34 bits per heavy atom. The molecule has 1 saturated carbocycles. The quantitative estimate of drug-likeness (QED) is 0.169. The Morgan fingerprint density at radius 2 is 1.64 bits per heavy atom. The first-order valence-corrected chi connectivity index (χ1v) is 16.6. The van der Waals surface area contributed by atoms with Crippen LogP contribution in [-0.2, 0) is 24.2 Å². The van der Waals surface area contributed by atoms with Gasteiger partial charge in [-0.25, -0.2) is 9.78 Å². The number of nitrogens with zero attached hydrogens (tertiary/aromatic N) is 2. The number of aromatic nitrogens is 1. The molecule has 252 valence electrons. The predicted molar refractivity (Wildman–Crippen MR) is 172 cm³/mol. The zero-order valence-corrected chi connectivity index (χ0v) is 26.6. The zero-order valence-electron chi connectivity index (χ0n) is 26.6. The lowest BCUT2D eigenvalue weighted by Crippen LogP contribution is -2.34. The average molecular weight is 653 g/mol. The molecule has 0 radical (unpaired) electrons. The summed E-state index contributed by atoms with van der Waals surface area (Å²) in [6.45, 7) is 1.79. The van der Waals surface area contributed by atoms with Crippen LogP contribution in [0.3, 0.4) is 0 Å². The molecule has 0 aliphatic heterocycles. The molecule has 0 bridgehead atoms. The first kappa shape index (κ1) is 34.4. The second-order valence-electron chi connectivity index (χ2n) is 12.8. The number of ether oxygens (including phenoxy) is 1. The normalized spacial score (nSPS) is 19.7. The molecule has 1 aromatic heterocycles. The van der Waals surface area contributed by atoms with Crippen LogP contribution in [0.15, 0.2) is 60.7 Å². The van der Waals surface area contributed by atoms with Crippen LogP contribution in [-0.4, -0.2) is 51.3 Å². The highest BCUT2D eigenvalue weighted by Gasteiger charge is 2.41. The number of hydrogen-bond donors (Lipinski definition) is 2. The molecule has 2 aliphatic rings. The SMILES string of the molecule is O=C(O)CCCCN(CCc1ccccc1OCc1ccc(C2CCC(C(F)(F)F)CC2)cc1)C1CCCc2nc(C(=O)O)ccc21. The molecule has 1 unspecified atom stereocenters. The van der Waals surface area contributed by atoms with Gasteiger partial charge in [-0.15, -0.1) is 0 Å². The number of hydrogen-bond acceptors (Lipinski definition) is 5. The number of fused-ring (bicyclic) bond motifs is 1. The Hall–Kier alpha value is -3.92. The molecule has 5 rings (SSSR count). The van der Waals surface area contributed by atoms with Gasteiger partial charge in [0.2, 0.25) is 0 Å². The molecule has 1 fully saturated rings. The molecular weight excluding hydrogens is 609 g/mol. The number of carbonyl (C=O) groups is 2. The Bertz CT molecular complexity index is 1500. The monoisotopic (exact) mass is 652 g/mol. The maximum Gasteiger partial charge on any atom is 0.391 e. The highest BCUT2D eigenvalue weighted by Crippen LogP contribution is 2.43. The van der Waals surface area contributed by atoms with E-state index < -0.39 is 24.0 Å². The second kappa shape index (κ2) is 15.8. The fraction of sp³-hybridized carbons (Fsp3) is 0.486. The van der Waals surface area contributed by atoms with Gasteiger partial charge >= 0.3 is 18.1 Å². The van der Waals surface area contributed by atoms with Gasteiger partial charge in [0.1, 0.15) is 18.1 Å². The fourth-order valence-electron chi connectivity index (χ4n) is 7.06. The number of carboxylic acids is 2. The van der Waals surface area contributed by atoms with Crippen LogP contribution in [0, 0.1) is 5.92 Å². The Morgan fingerprint density at radius 1 is 0.894 bits per heavy atom. The molecule has 0 spiro atoms. The molecule has 47 heavy (non-hydrogen) atoms. The van der Waals surface area contributed by atoms with Crippen LogP contribution in [0.4, 0.5) is 13.2 Å². The van der Waals surface area contributed by atoms with Gasteiger partial charge in [0, 0.05) is 24.7 Å². The van der Waals surface area contributed by atoms with E-state index in [1.54, 1.807) is 6.07 Å². The summed E-state index contributed by atoms with van der Waals surface area (Å²) < 4.78 is 45.5. The number of aromatic carboxylic acids is 1. The lowest BCUT2D eigenvalue weighted by molar-refractivity contribution is -0.182. The summed E-state index contributed by atoms with van der Waals surface area (Å²) >= 11 is 0. The lowest BCUT2D eigenvalue weighted by atomic mass is 9.78. The molecule has 0 saturated heterocycles. The van der Waals surface area contributed by atoms with Gasteiger partial charge in [0.05, 0.1) is 5.92 Å². The number of carboxylic acid groups (broad SMARTS) is 2. The van der Waals surface area contributed by atoms with Crippen molar-refractivity contribution < 1.29 is 37.7 Å². The van der Waals surface area contributed by atoms with E-state index in [9.17, 15) is 27.9 Å². The molecule has 1 atom stereocenters. The van der Waals surface area contributed by atoms with Gasteiger partial charge in [-0.3, -0.25) is 9.69 Å². The van der Waals surface area contributed by atoms with Crippen molar-refractivity contribution in [3.8, 4) is 5.75 Å². The topological polar surface area (TPSA) is 100.0 Å². The van der Waals surface area contributed by atoms with Gasteiger partial charge in [-0.2, -0.15) is 13.2 Å². The molecule has 1 heterocycles. The third-order valence-corrected chi connectivity index (χ3v) is 9.68. The van der Waals surface area contributed by atoms with Crippen molar-refractivity contribution in [1.82, 2.24) is 9.88 Å². The largest absolute Gasteiger partial charge is 0.489 e. The molecule has 10 heteroatoms. The highest BCUT2D eigenvalue weighted by molar-refractivity contribution is 5.85. The summed E-state index contributed by atoms with van der Waals surface area (Å²) in [5.41, 5.74) is 5.03. The van der Waals surface area contributed by atoms with E-state index in [-0.39, 0.29) is 36.9 Å².